The summed E-state index contributed by atoms with van der Waals surface area (Å²) in [4.78, 5) is 3.88. The fraction of sp³-hybridized carbons (Fsp3) is 0.0588. The van der Waals surface area contributed by atoms with E-state index in [1.54, 1.807) is 42.7 Å². The highest BCUT2D eigenvalue weighted by Gasteiger charge is 2.09. The molecule has 1 heterocycles. The predicted molar refractivity (Wildman–Crippen MR) is 82.5 cm³/mol. The standard InChI is InChI=1S/C17H10FN5O/c18-15-7-14(23-16(10-21)13(8-19)9-20)1-2-17(15)24-11-12-3-5-22-6-4-12/h1-7,23H,11H2. The largest absolute Gasteiger partial charge is 0.486 e. The predicted octanol–water partition coefficient (Wildman–Crippen LogP) is 3.04. The van der Waals surface area contributed by atoms with Crippen molar-refractivity contribution >= 4 is 5.69 Å². The van der Waals surface area contributed by atoms with Gasteiger partial charge in [-0.05, 0) is 29.8 Å². The summed E-state index contributed by atoms with van der Waals surface area (Å²) >= 11 is 0. The molecule has 0 saturated carbocycles. The Morgan fingerprint density at radius 3 is 2.38 bits per heavy atom. The van der Waals surface area contributed by atoms with Crippen LogP contribution in [0.3, 0.4) is 0 Å². The molecule has 0 atom stereocenters. The van der Waals surface area contributed by atoms with Crippen LogP contribution in [0.4, 0.5) is 10.1 Å². The molecule has 0 radical (unpaired) electrons. The fourth-order valence-electron chi connectivity index (χ4n) is 1.76. The van der Waals surface area contributed by atoms with Gasteiger partial charge >= 0.3 is 0 Å². The van der Waals surface area contributed by atoms with Crippen molar-refractivity contribution in [3.63, 3.8) is 0 Å². The van der Waals surface area contributed by atoms with Crippen LogP contribution in [-0.4, -0.2) is 4.98 Å². The Morgan fingerprint density at radius 2 is 1.79 bits per heavy atom. The van der Waals surface area contributed by atoms with Crippen LogP contribution in [0.5, 0.6) is 5.75 Å². The number of benzene rings is 1. The molecule has 0 unspecified atom stereocenters. The SMILES string of the molecule is N#CC(C#N)=C(C#N)Nc1ccc(OCc2ccncc2)c(F)c1. The Hall–Kier alpha value is -3.89. The summed E-state index contributed by atoms with van der Waals surface area (Å²) in [5, 5.41) is 29.0. The third-order valence-electron chi connectivity index (χ3n) is 2.93. The molecule has 0 aliphatic rings. The summed E-state index contributed by atoms with van der Waals surface area (Å²) < 4.78 is 19.5. The van der Waals surface area contributed by atoms with Gasteiger partial charge in [-0.2, -0.15) is 15.8 Å². The number of hydrogen-bond acceptors (Lipinski definition) is 6. The van der Waals surface area contributed by atoms with E-state index in [1.807, 2.05) is 0 Å². The molecule has 24 heavy (non-hydrogen) atoms. The molecule has 6 nitrogen and oxygen atoms in total. The van der Waals surface area contributed by atoms with Gasteiger partial charge in [0.15, 0.2) is 17.1 Å². The summed E-state index contributed by atoms with van der Waals surface area (Å²) in [7, 11) is 0. The third kappa shape index (κ3) is 4.07. The molecular weight excluding hydrogens is 309 g/mol. The highest BCUT2D eigenvalue weighted by atomic mass is 19.1. The minimum absolute atomic E-state index is 0.0423. The van der Waals surface area contributed by atoms with Crippen molar-refractivity contribution in [2.24, 2.45) is 0 Å². The van der Waals surface area contributed by atoms with Crippen LogP contribution in [-0.2, 0) is 6.61 Å². The van der Waals surface area contributed by atoms with Gasteiger partial charge in [0.2, 0.25) is 0 Å². The third-order valence-corrected chi connectivity index (χ3v) is 2.93. The monoisotopic (exact) mass is 319 g/mol. The number of nitrogens with one attached hydrogen (secondary N) is 1. The number of allylic oxidation sites excluding steroid dienone is 2. The lowest BCUT2D eigenvalue weighted by Crippen LogP contribution is -2.02. The molecule has 0 saturated heterocycles. The van der Waals surface area contributed by atoms with Crippen molar-refractivity contribution in [2.45, 2.75) is 6.61 Å². The Labute approximate surface area is 137 Å². The van der Waals surface area contributed by atoms with E-state index in [1.165, 1.54) is 12.1 Å². The van der Waals surface area contributed by atoms with Crippen molar-refractivity contribution in [2.75, 3.05) is 5.32 Å². The minimum atomic E-state index is -0.637. The zero-order chi connectivity index (χ0) is 17.4. The van der Waals surface area contributed by atoms with Crippen LogP contribution in [0.2, 0.25) is 0 Å². The fourth-order valence-corrected chi connectivity index (χ4v) is 1.76. The quantitative estimate of drug-likeness (QED) is 0.849. The normalized spacial score (nSPS) is 9.08. The van der Waals surface area contributed by atoms with E-state index in [9.17, 15) is 4.39 Å². The number of nitrogens with zero attached hydrogens (tertiary/aromatic N) is 4. The maximum absolute atomic E-state index is 14.1. The Bertz CT molecular complexity index is 872. The van der Waals surface area contributed by atoms with Crippen molar-refractivity contribution in [3.05, 3.63) is 65.4 Å². The Morgan fingerprint density at radius 1 is 1.08 bits per heavy atom. The van der Waals surface area contributed by atoms with E-state index >= 15 is 0 Å². The molecule has 116 valence electrons. The minimum Gasteiger partial charge on any atom is -0.486 e. The smallest absolute Gasteiger partial charge is 0.167 e. The van der Waals surface area contributed by atoms with Crippen LogP contribution in [0.25, 0.3) is 0 Å². The molecule has 7 heteroatoms. The van der Waals surface area contributed by atoms with Gasteiger partial charge in [-0.1, -0.05) is 0 Å². The maximum Gasteiger partial charge on any atom is 0.167 e. The summed E-state index contributed by atoms with van der Waals surface area (Å²) in [6.07, 6.45) is 3.22. The summed E-state index contributed by atoms with van der Waals surface area (Å²) in [5.41, 5.74) is 0.443. The molecule has 0 amide bonds. The number of rotatable bonds is 5. The molecule has 0 bridgehead atoms. The van der Waals surface area contributed by atoms with Gasteiger partial charge in [-0.15, -0.1) is 0 Å². The highest BCUT2D eigenvalue weighted by molar-refractivity contribution is 5.59. The zero-order valence-electron chi connectivity index (χ0n) is 12.3. The number of anilines is 1. The molecule has 0 spiro atoms. The first kappa shape index (κ1) is 16.5. The first-order chi connectivity index (χ1) is 11.7. The van der Waals surface area contributed by atoms with Gasteiger partial charge in [0, 0.05) is 24.1 Å². The number of halogens is 1. The van der Waals surface area contributed by atoms with Gasteiger partial charge in [-0.3, -0.25) is 4.98 Å². The van der Waals surface area contributed by atoms with E-state index in [4.69, 9.17) is 20.5 Å². The van der Waals surface area contributed by atoms with Crippen LogP contribution in [0, 0.1) is 39.8 Å². The highest BCUT2D eigenvalue weighted by Crippen LogP contribution is 2.23. The van der Waals surface area contributed by atoms with Gasteiger partial charge < -0.3 is 10.1 Å². The average molecular weight is 319 g/mol. The van der Waals surface area contributed by atoms with E-state index in [2.05, 4.69) is 10.3 Å². The van der Waals surface area contributed by atoms with Crippen LogP contribution in [0.15, 0.2) is 54.0 Å². The van der Waals surface area contributed by atoms with E-state index in [-0.39, 0.29) is 29.3 Å². The second-order valence-electron chi connectivity index (χ2n) is 4.50. The first-order valence-corrected chi connectivity index (χ1v) is 6.70. The molecule has 0 fully saturated rings. The van der Waals surface area contributed by atoms with Crippen LogP contribution in [0.1, 0.15) is 5.56 Å². The molecule has 1 N–H and O–H groups in total. The lowest BCUT2D eigenvalue weighted by atomic mass is 10.2. The first-order valence-electron chi connectivity index (χ1n) is 6.70. The Balaban J connectivity index is 2.13. The van der Waals surface area contributed by atoms with Crippen molar-refractivity contribution < 1.29 is 9.13 Å². The lowest BCUT2D eigenvalue weighted by Gasteiger charge is -2.10. The molecular formula is C17H10FN5O. The molecule has 2 aromatic rings. The van der Waals surface area contributed by atoms with E-state index in [0.29, 0.717) is 0 Å². The number of pyridine rings is 1. The number of nitriles is 3. The zero-order valence-corrected chi connectivity index (χ0v) is 12.3. The van der Waals surface area contributed by atoms with E-state index < -0.39 is 5.82 Å². The second-order valence-corrected chi connectivity index (χ2v) is 4.50. The summed E-state index contributed by atoms with van der Waals surface area (Å²) in [6.45, 7) is 0.183. The molecule has 1 aromatic carbocycles. The number of aromatic nitrogens is 1. The molecule has 1 aromatic heterocycles. The topological polar surface area (TPSA) is 106 Å². The van der Waals surface area contributed by atoms with Gasteiger partial charge in [0.25, 0.3) is 0 Å². The maximum atomic E-state index is 14.1. The summed E-state index contributed by atoms with van der Waals surface area (Å²) in [6, 6.07) is 12.4. The molecule has 2 rings (SSSR count). The average Bonchev–Trinajstić information content (AvgIpc) is 2.62. The van der Waals surface area contributed by atoms with E-state index in [0.717, 1.165) is 11.6 Å². The van der Waals surface area contributed by atoms with Gasteiger partial charge in [0.05, 0.1) is 0 Å². The lowest BCUT2D eigenvalue weighted by molar-refractivity contribution is 0.290. The molecule has 0 aliphatic carbocycles. The Kier molecular flexibility index (Phi) is 5.45. The van der Waals surface area contributed by atoms with Gasteiger partial charge in [0.1, 0.15) is 30.5 Å². The van der Waals surface area contributed by atoms with Crippen LogP contribution < -0.4 is 10.1 Å². The van der Waals surface area contributed by atoms with Crippen LogP contribution >= 0.6 is 0 Å². The number of hydrogen-bond donors (Lipinski definition) is 1. The van der Waals surface area contributed by atoms with Crippen molar-refractivity contribution in [3.8, 4) is 24.0 Å². The van der Waals surface area contributed by atoms with Crippen molar-refractivity contribution in [1.82, 2.24) is 4.98 Å². The number of ether oxygens (including phenoxy) is 1. The summed E-state index contributed by atoms with van der Waals surface area (Å²) in [5.74, 6) is -0.595. The molecule has 0 aliphatic heterocycles. The second kappa shape index (κ2) is 7.93. The van der Waals surface area contributed by atoms with Gasteiger partial charge in [-0.25, -0.2) is 4.39 Å². The van der Waals surface area contributed by atoms with Crippen molar-refractivity contribution in [1.29, 1.82) is 15.8 Å².